The summed E-state index contributed by atoms with van der Waals surface area (Å²) >= 11 is 0. The van der Waals surface area contributed by atoms with E-state index in [0.717, 1.165) is 57.8 Å². The van der Waals surface area contributed by atoms with Crippen LogP contribution in [0.4, 0.5) is 0 Å². The normalized spacial score (nSPS) is 12.6. The van der Waals surface area contributed by atoms with Gasteiger partial charge in [-0.2, -0.15) is 0 Å². The fourth-order valence-corrected chi connectivity index (χ4v) is 5.14. The maximum Gasteiger partial charge on any atom is 0.306 e. The number of carboxylic acids is 1. The van der Waals surface area contributed by atoms with Crippen LogP contribution < -0.4 is 0 Å². The number of ether oxygens (including phenoxy) is 1. The summed E-state index contributed by atoms with van der Waals surface area (Å²) in [4.78, 5) is 22.8. The van der Waals surface area contributed by atoms with E-state index in [9.17, 15) is 9.59 Å². The zero-order valence-electron chi connectivity index (χ0n) is 27.8. The molecule has 0 rings (SSSR count). The Morgan fingerprint density at radius 1 is 0.548 bits per heavy atom. The van der Waals surface area contributed by atoms with Crippen molar-refractivity contribution in [2.45, 2.75) is 193 Å². The van der Waals surface area contributed by atoms with Gasteiger partial charge in [0.25, 0.3) is 0 Å². The third-order valence-corrected chi connectivity index (χ3v) is 7.91. The Bertz CT molecular complexity index is 679. The molecule has 0 aliphatic carbocycles. The van der Waals surface area contributed by atoms with Crippen molar-refractivity contribution in [1.82, 2.24) is 0 Å². The lowest BCUT2D eigenvalue weighted by atomic mass is 10.0. The molecule has 0 aromatic heterocycles. The minimum absolute atomic E-state index is 0.0173. The summed E-state index contributed by atoms with van der Waals surface area (Å²) in [6, 6.07) is 0. The third-order valence-electron chi connectivity index (χ3n) is 7.91. The molecule has 0 saturated heterocycles. The van der Waals surface area contributed by atoms with Gasteiger partial charge in [-0.25, -0.2) is 0 Å². The lowest BCUT2D eigenvalue weighted by molar-refractivity contribution is -0.149. The molecule has 42 heavy (non-hydrogen) atoms. The molecule has 1 unspecified atom stereocenters. The standard InChI is InChI=1S/C38H68O4/c1-3-5-6-7-8-9-10-11-12-13-14-15-16-17-18-19-20-21-26-29-32-35-38(41)42-36(4-2)33-30-27-24-22-23-25-28-31-34-37(39)40/h8-9,11-12,17-18,36H,3-7,10,13-16,19-35H2,1-2H3,(H,39,40)/b9-8-,12-11-,18-17-. The number of unbranched alkanes of at least 4 members (excludes halogenated alkanes) is 18. The predicted octanol–water partition coefficient (Wildman–Crippen LogP) is 12.2. The van der Waals surface area contributed by atoms with Gasteiger partial charge < -0.3 is 9.84 Å². The highest BCUT2D eigenvalue weighted by molar-refractivity contribution is 5.69. The lowest BCUT2D eigenvalue weighted by Gasteiger charge is -2.16. The van der Waals surface area contributed by atoms with Gasteiger partial charge in [-0.05, 0) is 89.9 Å². The second-order valence-corrected chi connectivity index (χ2v) is 12.0. The maximum absolute atomic E-state index is 12.2. The first-order valence-electron chi connectivity index (χ1n) is 18.0. The summed E-state index contributed by atoms with van der Waals surface area (Å²) < 4.78 is 5.73. The average Bonchev–Trinajstić information content (AvgIpc) is 2.98. The third kappa shape index (κ3) is 32.7. The number of carbonyl (C=O) groups excluding carboxylic acids is 1. The van der Waals surface area contributed by atoms with Crippen LogP contribution in [0.1, 0.15) is 187 Å². The van der Waals surface area contributed by atoms with E-state index in [4.69, 9.17) is 9.84 Å². The SMILES string of the molecule is CCCCC/C=C\C/C=C\CCCC/C=C\CCCCCCCC(=O)OC(CC)CCCCCCCCCCC(=O)O. The minimum atomic E-state index is -0.687. The van der Waals surface area contributed by atoms with Crippen molar-refractivity contribution >= 4 is 11.9 Å². The van der Waals surface area contributed by atoms with Crippen molar-refractivity contribution in [2.75, 3.05) is 0 Å². The van der Waals surface area contributed by atoms with Crippen molar-refractivity contribution in [1.29, 1.82) is 0 Å². The van der Waals surface area contributed by atoms with Crippen molar-refractivity contribution in [2.24, 2.45) is 0 Å². The number of hydrogen-bond donors (Lipinski definition) is 1. The van der Waals surface area contributed by atoms with Crippen molar-refractivity contribution < 1.29 is 19.4 Å². The molecule has 1 atom stereocenters. The molecule has 0 aromatic carbocycles. The van der Waals surface area contributed by atoms with Gasteiger partial charge in [-0.1, -0.05) is 121 Å². The summed E-state index contributed by atoms with van der Waals surface area (Å²) in [7, 11) is 0. The molecule has 0 spiro atoms. The molecule has 4 nitrogen and oxygen atoms in total. The van der Waals surface area contributed by atoms with E-state index in [2.05, 4.69) is 50.3 Å². The van der Waals surface area contributed by atoms with Crippen LogP contribution in [0.25, 0.3) is 0 Å². The summed E-state index contributed by atoms with van der Waals surface area (Å²) in [5.74, 6) is -0.705. The molecule has 1 N–H and O–H groups in total. The zero-order valence-corrected chi connectivity index (χ0v) is 27.8. The molecule has 0 aliphatic rings. The molecule has 0 aliphatic heterocycles. The highest BCUT2D eigenvalue weighted by Crippen LogP contribution is 2.16. The second-order valence-electron chi connectivity index (χ2n) is 12.0. The molecular formula is C38H68O4. The Morgan fingerprint density at radius 2 is 0.976 bits per heavy atom. The van der Waals surface area contributed by atoms with Crippen LogP contribution in [0.3, 0.4) is 0 Å². The topological polar surface area (TPSA) is 63.6 Å². The summed E-state index contributed by atoms with van der Waals surface area (Å²) in [5.41, 5.74) is 0. The maximum atomic E-state index is 12.2. The lowest BCUT2D eigenvalue weighted by Crippen LogP contribution is -2.17. The number of esters is 1. The zero-order chi connectivity index (χ0) is 30.8. The fourth-order valence-electron chi connectivity index (χ4n) is 5.14. The summed E-state index contributed by atoms with van der Waals surface area (Å²) in [6.45, 7) is 4.36. The molecule has 244 valence electrons. The van der Waals surface area contributed by atoms with Crippen LogP contribution in [-0.2, 0) is 14.3 Å². The van der Waals surface area contributed by atoms with Crippen molar-refractivity contribution in [3.63, 3.8) is 0 Å². The number of rotatable bonds is 32. The molecule has 0 saturated carbocycles. The number of hydrogen-bond acceptors (Lipinski definition) is 3. The average molecular weight is 589 g/mol. The van der Waals surface area contributed by atoms with Crippen LogP contribution in [0.15, 0.2) is 36.5 Å². The number of aliphatic carboxylic acids is 1. The number of carboxylic acid groups (broad SMARTS) is 1. The molecular weight excluding hydrogens is 520 g/mol. The Kier molecular flexibility index (Phi) is 32.2. The predicted molar refractivity (Wildman–Crippen MR) is 181 cm³/mol. The molecule has 0 heterocycles. The first kappa shape index (κ1) is 40.2. The summed E-state index contributed by atoms with van der Waals surface area (Å²) in [5, 5.41) is 8.66. The van der Waals surface area contributed by atoms with Gasteiger partial charge in [-0.15, -0.1) is 0 Å². The van der Waals surface area contributed by atoms with Crippen LogP contribution in [0.2, 0.25) is 0 Å². The van der Waals surface area contributed by atoms with Crippen LogP contribution in [-0.4, -0.2) is 23.1 Å². The highest BCUT2D eigenvalue weighted by Gasteiger charge is 2.12. The quantitative estimate of drug-likeness (QED) is 0.0482. The number of carbonyl (C=O) groups is 2. The smallest absolute Gasteiger partial charge is 0.306 e. The van der Waals surface area contributed by atoms with Crippen molar-refractivity contribution in [3.8, 4) is 0 Å². The van der Waals surface area contributed by atoms with Gasteiger partial charge in [0, 0.05) is 12.8 Å². The van der Waals surface area contributed by atoms with E-state index < -0.39 is 5.97 Å². The van der Waals surface area contributed by atoms with E-state index in [1.165, 1.54) is 103 Å². The van der Waals surface area contributed by atoms with E-state index in [1.54, 1.807) is 0 Å². The molecule has 0 radical (unpaired) electrons. The molecule has 0 fully saturated rings. The van der Waals surface area contributed by atoms with Gasteiger partial charge >= 0.3 is 11.9 Å². The Labute approximate surface area is 260 Å². The van der Waals surface area contributed by atoms with Gasteiger partial charge in [0.1, 0.15) is 6.10 Å². The Balaban J connectivity index is 3.49. The number of allylic oxidation sites excluding steroid dienone is 6. The Morgan fingerprint density at radius 3 is 1.50 bits per heavy atom. The first-order chi connectivity index (χ1) is 20.6. The van der Waals surface area contributed by atoms with Gasteiger partial charge in [-0.3, -0.25) is 9.59 Å². The monoisotopic (exact) mass is 589 g/mol. The summed E-state index contributed by atoms with van der Waals surface area (Å²) in [6.07, 6.45) is 43.9. The van der Waals surface area contributed by atoms with E-state index in [-0.39, 0.29) is 12.1 Å². The van der Waals surface area contributed by atoms with Gasteiger partial charge in [0.05, 0.1) is 0 Å². The second kappa shape index (κ2) is 33.7. The van der Waals surface area contributed by atoms with Crippen molar-refractivity contribution in [3.05, 3.63) is 36.5 Å². The molecule has 0 bridgehead atoms. The molecule has 0 aromatic rings. The highest BCUT2D eigenvalue weighted by atomic mass is 16.5. The van der Waals surface area contributed by atoms with E-state index in [0.29, 0.717) is 12.8 Å². The first-order valence-corrected chi connectivity index (χ1v) is 18.0. The van der Waals surface area contributed by atoms with Gasteiger partial charge in [0.15, 0.2) is 0 Å². The van der Waals surface area contributed by atoms with E-state index >= 15 is 0 Å². The molecule has 0 amide bonds. The molecule has 4 heteroatoms. The van der Waals surface area contributed by atoms with Crippen LogP contribution in [0.5, 0.6) is 0 Å². The van der Waals surface area contributed by atoms with Crippen LogP contribution in [0, 0.1) is 0 Å². The van der Waals surface area contributed by atoms with Crippen LogP contribution >= 0.6 is 0 Å². The Hall–Kier alpha value is -1.84. The minimum Gasteiger partial charge on any atom is -0.481 e. The largest absolute Gasteiger partial charge is 0.481 e. The fraction of sp³-hybridized carbons (Fsp3) is 0.789. The van der Waals surface area contributed by atoms with Gasteiger partial charge in [0.2, 0.25) is 0 Å². The van der Waals surface area contributed by atoms with E-state index in [1.807, 2.05) is 0 Å².